The Morgan fingerprint density at radius 2 is 1.69 bits per heavy atom. The minimum atomic E-state index is -3.99. The van der Waals surface area contributed by atoms with E-state index in [0.717, 1.165) is 13.9 Å². The minimum Gasteiger partial charge on any atom is -0.324 e. The highest BCUT2D eigenvalue weighted by Gasteiger charge is 2.27. The van der Waals surface area contributed by atoms with Gasteiger partial charge in [0.05, 0.1) is 15.6 Å². The maximum atomic E-state index is 13.3. The number of halogens is 3. The normalized spacial score (nSPS) is 11.1. The highest BCUT2D eigenvalue weighted by atomic mass is 127. The molecular weight excluding hydrogens is 530 g/mol. The zero-order valence-electron chi connectivity index (χ0n) is 14.8. The van der Waals surface area contributed by atoms with E-state index in [1.807, 2.05) is 0 Å². The average molecular weight is 545 g/mol. The first-order valence-electron chi connectivity index (χ1n) is 8.35. The van der Waals surface area contributed by atoms with Crippen LogP contribution in [0.4, 0.5) is 15.8 Å². The van der Waals surface area contributed by atoms with Gasteiger partial charge in [0.1, 0.15) is 12.4 Å². The molecule has 0 aliphatic heterocycles. The molecule has 1 N–H and O–H groups in total. The molecule has 0 aliphatic carbocycles. The zero-order valence-corrected chi connectivity index (χ0v) is 18.6. The van der Waals surface area contributed by atoms with Crippen LogP contribution in [0.1, 0.15) is 0 Å². The number of carbonyl (C=O) groups is 1. The fourth-order valence-corrected chi connectivity index (χ4v) is 4.53. The standard InChI is InChI=1S/C20H15ClFIN2O3S/c21-18-12-15(8-11-19(18)22)24-20(26)13-25(16-9-6-14(23)7-10-16)29(27,28)17-4-2-1-3-5-17/h1-12H,13H2,(H,24,26). The molecule has 0 radical (unpaired) electrons. The Morgan fingerprint density at radius 1 is 1.03 bits per heavy atom. The Kier molecular flexibility index (Phi) is 6.76. The monoisotopic (exact) mass is 544 g/mol. The van der Waals surface area contributed by atoms with Gasteiger partial charge in [0.15, 0.2) is 0 Å². The fourth-order valence-electron chi connectivity index (χ4n) is 2.55. The van der Waals surface area contributed by atoms with Gasteiger partial charge in [0.2, 0.25) is 5.91 Å². The van der Waals surface area contributed by atoms with Crippen LogP contribution in [0.5, 0.6) is 0 Å². The number of hydrogen-bond acceptors (Lipinski definition) is 3. The van der Waals surface area contributed by atoms with E-state index in [0.29, 0.717) is 5.69 Å². The average Bonchev–Trinajstić information content (AvgIpc) is 2.70. The van der Waals surface area contributed by atoms with E-state index < -0.39 is 28.3 Å². The number of nitrogens with zero attached hydrogens (tertiary/aromatic N) is 1. The van der Waals surface area contributed by atoms with Gasteiger partial charge in [0.25, 0.3) is 10.0 Å². The zero-order chi connectivity index (χ0) is 21.0. The molecule has 0 fully saturated rings. The van der Waals surface area contributed by atoms with Crippen molar-refractivity contribution in [2.75, 3.05) is 16.2 Å². The van der Waals surface area contributed by atoms with E-state index in [2.05, 4.69) is 27.9 Å². The molecule has 9 heteroatoms. The summed E-state index contributed by atoms with van der Waals surface area (Å²) in [6, 6.07) is 18.3. The number of carbonyl (C=O) groups excluding carboxylic acids is 1. The number of nitrogens with one attached hydrogen (secondary N) is 1. The van der Waals surface area contributed by atoms with Crippen LogP contribution in [0.2, 0.25) is 5.02 Å². The van der Waals surface area contributed by atoms with Crippen molar-refractivity contribution in [2.24, 2.45) is 0 Å². The summed E-state index contributed by atoms with van der Waals surface area (Å²) in [7, 11) is -3.99. The van der Waals surface area contributed by atoms with Gasteiger partial charge in [-0.3, -0.25) is 9.10 Å². The lowest BCUT2D eigenvalue weighted by Crippen LogP contribution is -2.38. The van der Waals surface area contributed by atoms with Crippen LogP contribution in [0.15, 0.2) is 77.7 Å². The lowest BCUT2D eigenvalue weighted by atomic mass is 10.3. The number of anilines is 2. The maximum absolute atomic E-state index is 13.3. The lowest BCUT2D eigenvalue weighted by molar-refractivity contribution is -0.114. The molecule has 3 rings (SSSR count). The summed E-state index contributed by atoms with van der Waals surface area (Å²) in [6.45, 7) is -0.465. The van der Waals surface area contributed by atoms with Crippen LogP contribution in [0.3, 0.4) is 0 Å². The summed E-state index contributed by atoms with van der Waals surface area (Å²) in [6.07, 6.45) is 0. The lowest BCUT2D eigenvalue weighted by Gasteiger charge is -2.24. The van der Waals surface area contributed by atoms with Gasteiger partial charge in [-0.05, 0) is 77.2 Å². The predicted molar refractivity (Wildman–Crippen MR) is 120 cm³/mol. The van der Waals surface area contributed by atoms with Gasteiger partial charge in [-0.2, -0.15) is 0 Å². The Labute approximate surface area is 186 Å². The second kappa shape index (κ2) is 9.10. The van der Waals surface area contributed by atoms with Crippen LogP contribution in [0.25, 0.3) is 0 Å². The van der Waals surface area contributed by atoms with Crippen LogP contribution >= 0.6 is 34.2 Å². The van der Waals surface area contributed by atoms with Crippen molar-refractivity contribution in [3.8, 4) is 0 Å². The molecular formula is C20H15ClFIN2O3S. The van der Waals surface area contributed by atoms with E-state index in [-0.39, 0.29) is 15.6 Å². The summed E-state index contributed by atoms with van der Waals surface area (Å²) in [4.78, 5) is 12.6. The van der Waals surface area contributed by atoms with Crippen LogP contribution in [-0.2, 0) is 14.8 Å². The molecule has 3 aromatic rings. The third kappa shape index (κ3) is 5.26. The van der Waals surface area contributed by atoms with E-state index in [4.69, 9.17) is 11.6 Å². The number of sulfonamides is 1. The van der Waals surface area contributed by atoms with Gasteiger partial charge in [-0.15, -0.1) is 0 Å². The Hall–Kier alpha value is -2.17. The van der Waals surface area contributed by atoms with Gasteiger partial charge in [0, 0.05) is 9.26 Å². The topological polar surface area (TPSA) is 66.5 Å². The molecule has 3 aromatic carbocycles. The largest absolute Gasteiger partial charge is 0.324 e. The molecule has 0 aliphatic rings. The van der Waals surface area contributed by atoms with Crippen molar-refractivity contribution in [1.29, 1.82) is 0 Å². The SMILES string of the molecule is O=C(CN(c1ccc(I)cc1)S(=O)(=O)c1ccccc1)Nc1ccc(F)c(Cl)c1. The molecule has 0 atom stereocenters. The summed E-state index contributed by atoms with van der Waals surface area (Å²) < 4.78 is 41.6. The van der Waals surface area contributed by atoms with Crippen molar-refractivity contribution in [3.63, 3.8) is 0 Å². The Balaban J connectivity index is 1.92. The first kappa shape index (κ1) is 21.5. The summed E-state index contributed by atoms with van der Waals surface area (Å²) in [5, 5.41) is 2.40. The molecule has 0 aromatic heterocycles. The molecule has 0 spiro atoms. The molecule has 0 heterocycles. The molecule has 150 valence electrons. The number of hydrogen-bond donors (Lipinski definition) is 1. The Bertz CT molecular complexity index is 1130. The summed E-state index contributed by atoms with van der Waals surface area (Å²) in [5.74, 6) is -1.21. The van der Waals surface area contributed by atoms with Crippen molar-refractivity contribution >= 4 is 61.5 Å². The van der Waals surface area contributed by atoms with Crippen LogP contribution in [-0.4, -0.2) is 20.9 Å². The smallest absolute Gasteiger partial charge is 0.264 e. The summed E-state index contributed by atoms with van der Waals surface area (Å²) in [5.41, 5.74) is 0.614. The van der Waals surface area contributed by atoms with Crippen LogP contribution in [0, 0.1) is 9.39 Å². The van der Waals surface area contributed by atoms with Gasteiger partial charge < -0.3 is 5.32 Å². The second-order valence-corrected chi connectivity index (χ2v) is 9.49. The molecule has 0 bridgehead atoms. The van der Waals surface area contributed by atoms with Crippen molar-refractivity contribution in [3.05, 3.63) is 87.2 Å². The van der Waals surface area contributed by atoms with Gasteiger partial charge in [-0.25, -0.2) is 12.8 Å². The van der Waals surface area contributed by atoms with E-state index in [1.165, 1.54) is 24.3 Å². The summed E-state index contributed by atoms with van der Waals surface area (Å²) >= 11 is 7.84. The quantitative estimate of drug-likeness (QED) is 0.448. The third-order valence-corrected chi connectivity index (χ3v) is 6.73. The minimum absolute atomic E-state index is 0.0659. The molecule has 0 saturated carbocycles. The predicted octanol–water partition coefficient (Wildman–Crippen LogP) is 4.92. The van der Waals surface area contributed by atoms with Crippen LogP contribution < -0.4 is 9.62 Å². The second-order valence-electron chi connectivity index (χ2n) is 5.98. The van der Waals surface area contributed by atoms with Gasteiger partial charge in [-0.1, -0.05) is 29.8 Å². The molecule has 0 saturated heterocycles. The maximum Gasteiger partial charge on any atom is 0.264 e. The van der Waals surface area contributed by atoms with Crippen molar-refractivity contribution in [2.45, 2.75) is 4.90 Å². The molecule has 5 nitrogen and oxygen atoms in total. The number of benzene rings is 3. The van der Waals surface area contributed by atoms with Crippen molar-refractivity contribution in [1.82, 2.24) is 0 Å². The number of amides is 1. The first-order valence-corrected chi connectivity index (χ1v) is 11.3. The highest BCUT2D eigenvalue weighted by molar-refractivity contribution is 14.1. The Morgan fingerprint density at radius 3 is 2.31 bits per heavy atom. The van der Waals surface area contributed by atoms with E-state index in [1.54, 1.807) is 42.5 Å². The first-order chi connectivity index (χ1) is 13.8. The highest BCUT2D eigenvalue weighted by Crippen LogP contribution is 2.25. The molecule has 0 unspecified atom stereocenters. The fraction of sp³-hybridized carbons (Fsp3) is 0.0500. The molecule has 1 amide bonds. The number of rotatable bonds is 6. The van der Waals surface area contributed by atoms with E-state index in [9.17, 15) is 17.6 Å². The third-order valence-electron chi connectivity index (χ3n) is 3.94. The molecule has 29 heavy (non-hydrogen) atoms. The van der Waals surface area contributed by atoms with Crippen molar-refractivity contribution < 1.29 is 17.6 Å². The van der Waals surface area contributed by atoms with Gasteiger partial charge >= 0.3 is 0 Å². The van der Waals surface area contributed by atoms with E-state index >= 15 is 0 Å².